The molecule has 0 saturated carbocycles. The van der Waals surface area contributed by atoms with E-state index in [1.807, 2.05) is 0 Å². The lowest BCUT2D eigenvalue weighted by Crippen LogP contribution is -1.83. The zero-order valence-corrected chi connectivity index (χ0v) is 7.26. The van der Waals surface area contributed by atoms with Crippen molar-refractivity contribution >= 4 is 35.2 Å². The van der Waals surface area contributed by atoms with Crippen LogP contribution in [-0.4, -0.2) is 6.29 Å². The van der Waals surface area contributed by atoms with Gasteiger partial charge in [0.1, 0.15) is 5.69 Å². The maximum absolute atomic E-state index is 10.4. The second-order valence-electron chi connectivity index (χ2n) is 2.00. The summed E-state index contributed by atoms with van der Waals surface area (Å²) >= 11 is 11.2. The van der Waals surface area contributed by atoms with Gasteiger partial charge < -0.3 is 0 Å². The predicted molar refractivity (Wildman–Crippen MR) is 47.3 cm³/mol. The Labute approximate surface area is 78.3 Å². The standard InChI is InChI=1S/C7H3Cl2NO2/c8-5-1-2-6(10-12)4(3-11)7(5)9/h1-3H. The van der Waals surface area contributed by atoms with E-state index in [1.54, 1.807) is 0 Å². The van der Waals surface area contributed by atoms with Gasteiger partial charge in [-0.1, -0.05) is 23.2 Å². The molecule has 0 bridgehead atoms. The summed E-state index contributed by atoms with van der Waals surface area (Å²) in [6.07, 6.45) is 0.449. The van der Waals surface area contributed by atoms with Crippen molar-refractivity contribution in [2.24, 2.45) is 5.18 Å². The van der Waals surface area contributed by atoms with Gasteiger partial charge in [-0.05, 0) is 17.3 Å². The summed E-state index contributed by atoms with van der Waals surface area (Å²) in [5, 5.41) is 2.91. The van der Waals surface area contributed by atoms with Gasteiger partial charge in [0.25, 0.3) is 0 Å². The number of nitroso groups, excluding NO2 is 1. The Bertz CT molecular complexity index is 338. The van der Waals surface area contributed by atoms with Crippen LogP contribution in [0.5, 0.6) is 0 Å². The van der Waals surface area contributed by atoms with E-state index >= 15 is 0 Å². The molecule has 0 spiro atoms. The van der Waals surface area contributed by atoms with Crippen molar-refractivity contribution in [3.63, 3.8) is 0 Å². The molecule has 0 amide bonds. The molecule has 0 radical (unpaired) electrons. The van der Waals surface area contributed by atoms with Crippen molar-refractivity contribution in [3.05, 3.63) is 32.6 Å². The van der Waals surface area contributed by atoms with E-state index in [-0.39, 0.29) is 21.3 Å². The number of hydrogen-bond acceptors (Lipinski definition) is 3. The third-order valence-electron chi connectivity index (χ3n) is 1.33. The number of nitrogens with zero attached hydrogens (tertiary/aromatic N) is 1. The predicted octanol–water partition coefficient (Wildman–Crippen LogP) is 3.20. The molecule has 0 aliphatic carbocycles. The second-order valence-corrected chi connectivity index (χ2v) is 2.79. The number of carbonyl (C=O) groups excluding carboxylic acids is 1. The van der Waals surface area contributed by atoms with Crippen molar-refractivity contribution in [1.82, 2.24) is 0 Å². The van der Waals surface area contributed by atoms with E-state index in [1.165, 1.54) is 12.1 Å². The van der Waals surface area contributed by atoms with Gasteiger partial charge in [0.15, 0.2) is 6.29 Å². The molecule has 0 aliphatic heterocycles. The first-order chi connectivity index (χ1) is 5.70. The highest BCUT2D eigenvalue weighted by molar-refractivity contribution is 6.43. The highest BCUT2D eigenvalue weighted by Gasteiger charge is 2.09. The minimum atomic E-state index is -0.000556. The average Bonchev–Trinajstić information content (AvgIpc) is 2.09. The Morgan fingerprint density at radius 3 is 2.50 bits per heavy atom. The van der Waals surface area contributed by atoms with E-state index in [0.717, 1.165) is 0 Å². The van der Waals surface area contributed by atoms with Gasteiger partial charge in [-0.25, -0.2) is 0 Å². The molecular weight excluding hydrogens is 201 g/mol. The lowest BCUT2D eigenvalue weighted by molar-refractivity contribution is 0.112. The summed E-state index contributed by atoms with van der Waals surface area (Å²) in [5.41, 5.74) is 0.0265. The van der Waals surface area contributed by atoms with Crippen LogP contribution >= 0.6 is 23.2 Å². The molecule has 0 fully saturated rings. The molecule has 0 atom stereocenters. The van der Waals surface area contributed by atoms with Gasteiger partial charge >= 0.3 is 0 Å². The molecule has 0 N–H and O–H groups in total. The Hall–Kier alpha value is -0.930. The van der Waals surface area contributed by atoms with Crippen LogP contribution in [0.2, 0.25) is 10.0 Å². The SMILES string of the molecule is O=Cc1c(N=O)ccc(Cl)c1Cl. The Morgan fingerprint density at radius 1 is 1.33 bits per heavy atom. The van der Waals surface area contributed by atoms with Crippen LogP contribution in [0.15, 0.2) is 17.3 Å². The van der Waals surface area contributed by atoms with Gasteiger partial charge in [0.05, 0.1) is 15.6 Å². The van der Waals surface area contributed by atoms with Crippen molar-refractivity contribution in [3.8, 4) is 0 Å². The molecule has 0 heterocycles. The average molecular weight is 204 g/mol. The molecule has 12 heavy (non-hydrogen) atoms. The fraction of sp³-hybridized carbons (Fsp3) is 0. The molecule has 1 aromatic rings. The topological polar surface area (TPSA) is 46.5 Å². The molecule has 0 aliphatic rings. The Kier molecular flexibility index (Phi) is 2.78. The monoisotopic (exact) mass is 203 g/mol. The maximum Gasteiger partial charge on any atom is 0.153 e. The summed E-state index contributed by atoms with van der Waals surface area (Å²) in [6.45, 7) is 0. The molecule has 0 aromatic heterocycles. The van der Waals surface area contributed by atoms with Gasteiger partial charge in [0.2, 0.25) is 0 Å². The number of carbonyl (C=O) groups is 1. The highest BCUT2D eigenvalue weighted by atomic mass is 35.5. The minimum Gasteiger partial charge on any atom is -0.298 e. The van der Waals surface area contributed by atoms with Gasteiger partial charge in [-0.3, -0.25) is 4.79 Å². The normalized spacial score (nSPS) is 9.50. The lowest BCUT2D eigenvalue weighted by atomic mass is 10.2. The van der Waals surface area contributed by atoms with Gasteiger partial charge in [-0.2, -0.15) is 0 Å². The van der Waals surface area contributed by atoms with Crippen LogP contribution in [0, 0.1) is 4.91 Å². The zero-order chi connectivity index (χ0) is 9.14. The third-order valence-corrected chi connectivity index (χ3v) is 2.14. The molecule has 1 rings (SSSR count). The number of hydrogen-bond donors (Lipinski definition) is 0. The maximum atomic E-state index is 10.4. The number of rotatable bonds is 2. The Morgan fingerprint density at radius 2 is 2.00 bits per heavy atom. The van der Waals surface area contributed by atoms with E-state index in [0.29, 0.717) is 6.29 Å². The van der Waals surface area contributed by atoms with Crippen LogP contribution < -0.4 is 0 Å². The lowest BCUT2D eigenvalue weighted by Gasteiger charge is -1.99. The van der Waals surface area contributed by atoms with Crippen molar-refractivity contribution in [1.29, 1.82) is 0 Å². The molecule has 0 unspecified atom stereocenters. The number of halogens is 2. The molecule has 3 nitrogen and oxygen atoms in total. The fourth-order valence-electron chi connectivity index (χ4n) is 0.748. The molecule has 62 valence electrons. The van der Waals surface area contributed by atoms with Crippen LogP contribution in [0.3, 0.4) is 0 Å². The van der Waals surface area contributed by atoms with Crippen molar-refractivity contribution < 1.29 is 4.79 Å². The largest absolute Gasteiger partial charge is 0.298 e. The minimum absolute atomic E-state index is 0.000556. The quantitative estimate of drug-likeness (QED) is 0.548. The van der Waals surface area contributed by atoms with Crippen LogP contribution in [0.1, 0.15) is 10.4 Å². The summed E-state index contributed by atoms with van der Waals surface area (Å²) in [7, 11) is 0. The van der Waals surface area contributed by atoms with E-state index < -0.39 is 0 Å². The van der Waals surface area contributed by atoms with Crippen LogP contribution in [0.4, 0.5) is 5.69 Å². The third kappa shape index (κ3) is 1.47. The Balaban J connectivity index is 3.45. The van der Waals surface area contributed by atoms with Crippen LogP contribution in [-0.2, 0) is 0 Å². The van der Waals surface area contributed by atoms with Crippen LogP contribution in [0.25, 0.3) is 0 Å². The van der Waals surface area contributed by atoms with Crippen molar-refractivity contribution in [2.45, 2.75) is 0 Å². The van der Waals surface area contributed by atoms with Gasteiger partial charge in [-0.15, -0.1) is 4.91 Å². The fourth-order valence-corrected chi connectivity index (χ4v) is 1.12. The molecule has 0 saturated heterocycles. The van der Waals surface area contributed by atoms with E-state index in [9.17, 15) is 9.70 Å². The van der Waals surface area contributed by atoms with Gasteiger partial charge in [0, 0.05) is 0 Å². The zero-order valence-electron chi connectivity index (χ0n) is 5.75. The first kappa shape index (κ1) is 9.16. The smallest absolute Gasteiger partial charge is 0.153 e. The van der Waals surface area contributed by atoms with Crippen molar-refractivity contribution in [2.75, 3.05) is 0 Å². The molecular formula is C7H3Cl2NO2. The first-order valence-corrected chi connectivity index (χ1v) is 3.73. The number of benzene rings is 1. The molecule has 1 aromatic carbocycles. The second kappa shape index (κ2) is 3.65. The first-order valence-electron chi connectivity index (χ1n) is 2.97. The number of aldehydes is 1. The summed E-state index contributed by atoms with van der Waals surface area (Å²) < 4.78 is 0. The summed E-state index contributed by atoms with van der Waals surface area (Å²) in [5.74, 6) is 0. The highest BCUT2D eigenvalue weighted by Crippen LogP contribution is 2.31. The summed E-state index contributed by atoms with van der Waals surface area (Å²) in [6, 6.07) is 2.75. The molecule has 5 heteroatoms. The van der Waals surface area contributed by atoms with E-state index in [4.69, 9.17) is 23.2 Å². The van der Waals surface area contributed by atoms with E-state index in [2.05, 4.69) is 5.18 Å². The summed E-state index contributed by atoms with van der Waals surface area (Å²) in [4.78, 5) is 20.6.